The maximum absolute atomic E-state index is 12.7. The lowest BCUT2D eigenvalue weighted by molar-refractivity contribution is -0.147. The second-order valence-corrected chi connectivity index (χ2v) is 8.78. The Bertz CT molecular complexity index is 1160. The zero-order chi connectivity index (χ0) is 22.1. The van der Waals surface area contributed by atoms with Crippen LogP contribution in [0, 0.1) is 0 Å². The minimum absolute atomic E-state index is 0.0517. The van der Waals surface area contributed by atoms with E-state index < -0.39 is 23.5 Å². The predicted molar refractivity (Wildman–Crippen MR) is 115 cm³/mol. The van der Waals surface area contributed by atoms with Crippen molar-refractivity contribution in [1.29, 1.82) is 0 Å². The van der Waals surface area contributed by atoms with Crippen molar-refractivity contribution < 1.29 is 19.8 Å². The fourth-order valence-corrected chi connectivity index (χ4v) is 5.58. The van der Waals surface area contributed by atoms with Gasteiger partial charge in [0.2, 0.25) is 0 Å². The van der Waals surface area contributed by atoms with Crippen LogP contribution in [0.5, 0.6) is 5.88 Å². The van der Waals surface area contributed by atoms with E-state index in [1.807, 2.05) is 30.3 Å². The third kappa shape index (κ3) is 4.08. The number of carboxylic acids is 1. The minimum atomic E-state index is -1.19. The molecule has 0 aliphatic carbocycles. The van der Waals surface area contributed by atoms with Crippen molar-refractivity contribution in [2.45, 2.75) is 16.6 Å². The molecule has 12 heteroatoms. The molecule has 0 radical (unpaired) electrons. The van der Waals surface area contributed by atoms with Crippen molar-refractivity contribution in [3.05, 3.63) is 57.5 Å². The normalized spacial score (nSPS) is 20.7. The number of nitrogens with zero attached hydrogens (tertiary/aromatic N) is 5. The molecule has 160 valence electrons. The van der Waals surface area contributed by atoms with E-state index in [0.717, 1.165) is 17.3 Å². The van der Waals surface area contributed by atoms with Gasteiger partial charge in [-0.25, -0.2) is 9.48 Å². The summed E-state index contributed by atoms with van der Waals surface area (Å²) in [7, 11) is 1.51. The van der Waals surface area contributed by atoms with E-state index in [0.29, 0.717) is 11.3 Å². The Morgan fingerprint density at radius 2 is 2.10 bits per heavy atom. The van der Waals surface area contributed by atoms with Gasteiger partial charge in [-0.05, 0) is 11.1 Å². The van der Waals surface area contributed by atoms with Gasteiger partial charge in [-0.1, -0.05) is 42.1 Å². The zero-order valence-electron chi connectivity index (χ0n) is 16.2. The summed E-state index contributed by atoms with van der Waals surface area (Å²) in [6, 6.07) is 8.74. The van der Waals surface area contributed by atoms with Gasteiger partial charge in [0, 0.05) is 24.8 Å². The van der Waals surface area contributed by atoms with Gasteiger partial charge < -0.3 is 10.2 Å². The fraction of sp³-hybridized carbons (Fsp3) is 0.263. The molecule has 0 bridgehead atoms. The summed E-state index contributed by atoms with van der Waals surface area (Å²) in [6.45, 7) is 0. The molecule has 1 aromatic heterocycles. The van der Waals surface area contributed by atoms with Crippen LogP contribution in [-0.2, 0) is 16.6 Å². The van der Waals surface area contributed by atoms with Crippen molar-refractivity contribution in [1.82, 2.24) is 19.7 Å². The molecular formula is C19H17N5O5S2. The number of β-lactam (4-membered cyclic amide) rings is 1. The zero-order valence-corrected chi connectivity index (χ0v) is 17.8. The lowest BCUT2D eigenvalue weighted by Crippen LogP contribution is -2.64. The molecule has 1 aromatic carbocycles. The number of aryl methyl sites for hydroxylation is 1. The summed E-state index contributed by atoms with van der Waals surface area (Å²) in [6.07, 6.45) is 1.62. The number of aromatic hydroxyl groups is 1. The van der Waals surface area contributed by atoms with Gasteiger partial charge >= 0.3 is 11.5 Å². The number of thioether (sulfide) groups is 2. The van der Waals surface area contributed by atoms with E-state index in [1.165, 1.54) is 28.4 Å². The first-order chi connectivity index (χ1) is 14.9. The predicted octanol–water partition coefficient (Wildman–Crippen LogP) is 0.715. The van der Waals surface area contributed by atoms with Crippen LogP contribution in [0.1, 0.15) is 5.56 Å². The maximum Gasteiger partial charge on any atom is 0.352 e. The fourth-order valence-electron chi connectivity index (χ4n) is 3.20. The summed E-state index contributed by atoms with van der Waals surface area (Å²) in [5.41, 5.74) is 0.494. The number of hydrogen-bond acceptors (Lipinski definition) is 9. The van der Waals surface area contributed by atoms with E-state index in [4.69, 9.17) is 0 Å². The van der Waals surface area contributed by atoms with Crippen molar-refractivity contribution in [2.24, 2.45) is 12.0 Å². The minimum Gasteiger partial charge on any atom is -0.488 e. The second kappa shape index (κ2) is 8.55. The number of rotatable bonds is 6. The Hall–Kier alpha value is -3.12. The highest BCUT2D eigenvalue weighted by atomic mass is 32.2. The number of aliphatic carboxylic acids is 1. The summed E-state index contributed by atoms with van der Waals surface area (Å²) in [5, 5.41) is 22.6. The molecule has 10 nitrogen and oxygen atoms in total. The van der Waals surface area contributed by atoms with Crippen molar-refractivity contribution in [3.63, 3.8) is 0 Å². The third-order valence-electron chi connectivity index (χ3n) is 4.69. The monoisotopic (exact) mass is 459 g/mol. The maximum atomic E-state index is 12.7. The van der Waals surface area contributed by atoms with Crippen LogP contribution >= 0.6 is 23.5 Å². The first-order valence-electron chi connectivity index (χ1n) is 9.12. The lowest BCUT2D eigenvalue weighted by atomic mass is 10.0. The Labute approximate surface area is 184 Å². The number of aromatic nitrogens is 3. The van der Waals surface area contributed by atoms with E-state index in [2.05, 4.69) is 15.1 Å². The number of hydrogen-bond donors (Lipinski definition) is 2. The van der Waals surface area contributed by atoms with E-state index >= 15 is 0 Å². The van der Waals surface area contributed by atoms with Gasteiger partial charge in [-0.15, -0.1) is 16.9 Å². The Morgan fingerprint density at radius 1 is 1.35 bits per heavy atom. The Kier molecular flexibility index (Phi) is 5.83. The van der Waals surface area contributed by atoms with Crippen molar-refractivity contribution >= 4 is 41.6 Å². The van der Waals surface area contributed by atoms with Crippen LogP contribution in [0.15, 0.2) is 56.5 Å². The van der Waals surface area contributed by atoms with Gasteiger partial charge in [0.25, 0.3) is 11.8 Å². The molecule has 2 aliphatic rings. The number of carbonyl (C=O) groups excluding carboxylic acids is 1. The standard InChI is InChI=1S/C19H17N5O5S2/c1-23-19(21-14(25)15(26)22-23)31-9-11-8-30-17-12(16(27)24(17)13(11)18(28)29)20-7-10-5-3-2-4-6-10/h2-7,12,17H,8-9H2,1H3,(H,22,26)(H,28,29)/t12-,17+/m1/s1. The SMILES string of the molecule is Cn1nc(O)c(=O)nc1SCC1=C(C(=O)O)N2C(=O)[C@@H](N=Cc3ccccc3)[C@@H]2SC1. The molecule has 2 aromatic rings. The summed E-state index contributed by atoms with van der Waals surface area (Å²) in [5.74, 6) is -1.65. The molecule has 0 spiro atoms. The Morgan fingerprint density at radius 3 is 2.81 bits per heavy atom. The number of carboxylic acid groups (broad SMARTS) is 1. The average Bonchev–Trinajstić information content (AvgIpc) is 2.75. The average molecular weight is 460 g/mol. The van der Waals surface area contributed by atoms with E-state index in [9.17, 15) is 24.6 Å². The second-order valence-electron chi connectivity index (χ2n) is 6.74. The summed E-state index contributed by atoms with van der Waals surface area (Å²) >= 11 is 2.56. The van der Waals surface area contributed by atoms with Crippen LogP contribution in [-0.4, -0.2) is 70.9 Å². The van der Waals surface area contributed by atoms with Gasteiger partial charge in [0.05, 0.1) is 0 Å². The molecule has 1 saturated heterocycles. The molecule has 0 unspecified atom stereocenters. The van der Waals surface area contributed by atoms with Crippen LogP contribution in [0.25, 0.3) is 0 Å². The molecule has 0 saturated carbocycles. The number of fused-ring (bicyclic) bond motifs is 1. The largest absolute Gasteiger partial charge is 0.488 e. The first kappa shape index (κ1) is 21.1. The molecular weight excluding hydrogens is 442 g/mol. The number of carbonyl (C=O) groups is 2. The number of aliphatic imine (C=N–C) groups is 1. The van der Waals surface area contributed by atoms with E-state index in [1.54, 1.807) is 6.21 Å². The molecule has 4 rings (SSSR count). The van der Waals surface area contributed by atoms with Gasteiger partial charge in [0.15, 0.2) is 11.2 Å². The van der Waals surface area contributed by atoms with Crippen molar-refractivity contribution in [3.8, 4) is 5.88 Å². The topological polar surface area (TPSA) is 138 Å². The number of amides is 1. The summed E-state index contributed by atoms with van der Waals surface area (Å²) < 4.78 is 1.24. The molecule has 3 heterocycles. The quantitative estimate of drug-likeness (QED) is 0.363. The highest BCUT2D eigenvalue weighted by Crippen LogP contribution is 2.42. The number of benzene rings is 1. The van der Waals surface area contributed by atoms with Gasteiger partial charge in [-0.3, -0.25) is 19.5 Å². The smallest absolute Gasteiger partial charge is 0.352 e. The van der Waals surface area contributed by atoms with E-state index in [-0.39, 0.29) is 27.9 Å². The first-order valence-corrected chi connectivity index (χ1v) is 11.2. The van der Waals surface area contributed by atoms with Gasteiger partial charge in [-0.2, -0.15) is 4.98 Å². The van der Waals surface area contributed by atoms with Crippen LogP contribution in [0.4, 0.5) is 0 Å². The van der Waals surface area contributed by atoms with Crippen LogP contribution in [0.3, 0.4) is 0 Å². The molecule has 31 heavy (non-hydrogen) atoms. The van der Waals surface area contributed by atoms with Crippen molar-refractivity contribution in [2.75, 3.05) is 11.5 Å². The van der Waals surface area contributed by atoms with Crippen LogP contribution in [0.2, 0.25) is 0 Å². The lowest BCUT2D eigenvalue weighted by Gasteiger charge is -2.47. The molecule has 2 N–H and O–H groups in total. The van der Waals surface area contributed by atoms with Gasteiger partial charge in [0.1, 0.15) is 11.1 Å². The molecule has 1 amide bonds. The summed E-state index contributed by atoms with van der Waals surface area (Å²) in [4.78, 5) is 45.5. The molecule has 2 aliphatic heterocycles. The van der Waals surface area contributed by atoms with Crippen LogP contribution < -0.4 is 5.56 Å². The molecule has 1 fully saturated rings. The Balaban J connectivity index is 1.53. The molecule has 2 atom stereocenters. The highest BCUT2D eigenvalue weighted by Gasteiger charge is 2.53. The third-order valence-corrected chi connectivity index (χ3v) is 7.12. The highest BCUT2D eigenvalue weighted by molar-refractivity contribution is 8.01.